The van der Waals surface area contributed by atoms with Gasteiger partial charge in [0.2, 0.25) is 0 Å². The highest BCUT2D eigenvalue weighted by atomic mass is 19.1. The number of hydrogen-bond acceptors (Lipinski definition) is 7. The van der Waals surface area contributed by atoms with Crippen molar-refractivity contribution in [3.63, 3.8) is 0 Å². The van der Waals surface area contributed by atoms with Crippen LogP contribution in [0.5, 0.6) is 0 Å². The Labute approximate surface area is 333 Å². The minimum Gasteiger partial charge on any atom is -0.292 e. The lowest BCUT2D eigenvalue weighted by Crippen LogP contribution is -2.03. The lowest BCUT2D eigenvalue weighted by molar-refractivity contribution is 0.627. The van der Waals surface area contributed by atoms with Crippen LogP contribution in [0.25, 0.3) is 96.4 Å². The maximum Gasteiger partial charge on any atom is 0.164 e. The van der Waals surface area contributed by atoms with E-state index in [1.807, 2.05) is 174 Å². The summed E-state index contributed by atoms with van der Waals surface area (Å²) in [5.41, 5.74) is 7.71. The van der Waals surface area contributed by atoms with Crippen LogP contribution in [-0.4, -0.2) is 39.5 Å². The highest BCUT2D eigenvalue weighted by Crippen LogP contribution is 2.36. The lowest BCUT2D eigenvalue weighted by Gasteiger charge is -2.14. The molecule has 10 aromatic rings. The monoisotopic (exact) mass is 750 g/mol. The average molecular weight is 751 g/mol. The van der Waals surface area contributed by atoms with Gasteiger partial charge < -0.3 is 0 Å². The zero-order valence-electron chi connectivity index (χ0n) is 30.9. The van der Waals surface area contributed by atoms with Gasteiger partial charge in [-0.1, -0.05) is 140 Å². The van der Waals surface area contributed by atoms with E-state index >= 15 is 0 Å². The molecule has 0 fully saturated rings. The second-order valence-electron chi connectivity index (χ2n) is 13.6. The van der Waals surface area contributed by atoms with Crippen LogP contribution in [-0.2, 0) is 0 Å². The Morgan fingerprint density at radius 2 is 0.690 bits per heavy atom. The highest BCUT2D eigenvalue weighted by Gasteiger charge is 2.21. The van der Waals surface area contributed by atoms with Gasteiger partial charge in [-0.05, 0) is 48.5 Å². The smallest absolute Gasteiger partial charge is 0.164 e. The molecule has 0 saturated heterocycles. The maximum atomic E-state index is 14.9. The molecular formula is C49H31FN8. The van der Waals surface area contributed by atoms with Crippen molar-refractivity contribution in [2.75, 3.05) is 0 Å². The summed E-state index contributed by atoms with van der Waals surface area (Å²) in [6.07, 6.45) is 0. The van der Waals surface area contributed by atoms with Crippen molar-refractivity contribution in [1.82, 2.24) is 39.5 Å². The van der Waals surface area contributed by atoms with E-state index in [1.54, 1.807) is 6.07 Å². The topological polar surface area (TPSA) is 95.2 Å². The molecule has 274 valence electrons. The molecule has 8 nitrogen and oxygen atoms in total. The second-order valence-corrected chi connectivity index (χ2v) is 13.6. The van der Waals surface area contributed by atoms with E-state index in [4.69, 9.17) is 34.9 Å². The van der Waals surface area contributed by atoms with Crippen LogP contribution in [0.3, 0.4) is 0 Å². The van der Waals surface area contributed by atoms with Gasteiger partial charge in [0.25, 0.3) is 0 Å². The van der Waals surface area contributed by atoms with Crippen LogP contribution in [0, 0.1) is 5.82 Å². The van der Waals surface area contributed by atoms with E-state index in [1.165, 1.54) is 12.1 Å². The Balaban J connectivity index is 1.26. The molecule has 9 heteroatoms. The van der Waals surface area contributed by atoms with Crippen LogP contribution in [0.15, 0.2) is 188 Å². The Morgan fingerprint density at radius 1 is 0.310 bits per heavy atom. The van der Waals surface area contributed by atoms with Gasteiger partial charge in [-0.15, -0.1) is 0 Å². The largest absolute Gasteiger partial charge is 0.292 e. The van der Waals surface area contributed by atoms with Crippen LogP contribution < -0.4 is 0 Å². The molecule has 7 aromatic carbocycles. The third-order valence-electron chi connectivity index (χ3n) is 9.73. The number of para-hydroxylation sites is 2. The predicted octanol–water partition coefficient (Wildman–Crippen LogP) is 11.2. The molecule has 0 unspecified atom stereocenters. The Hall–Kier alpha value is -8.04. The normalized spacial score (nSPS) is 11.2. The summed E-state index contributed by atoms with van der Waals surface area (Å²) in [6, 6.07) is 59.8. The van der Waals surface area contributed by atoms with Crippen molar-refractivity contribution in [3.8, 4) is 85.4 Å². The molecule has 0 aliphatic heterocycles. The number of benzene rings is 7. The molecule has 10 rings (SSSR count). The van der Waals surface area contributed by atoms with Crippen LogP contribution in [0.2, 0.25) is 0 Å². The van der Waals surface area contributed by atoms with Crippen LogP contribution in [0.4, 0.5) is 4.39 Å². The quantitative estimate of drug-likeness (QED) is 0.153. The van der Waals surface area contributed by atoms with Gasteiger partial charge in [-0.2, -0.15) is 0 Å². The number of hydrogen-bond donors (Lipinski definition) is 0. The number of imidazole rings is 1. The summed E-state index contributed by atoms with van der Waals surface area (Å²) in [4.78, 5) is 35.4. The standard InChI is InChI=1S/C49H31FN8/c50-39-24-15-25-40(31-39)58-42-27-14-13-26-41(42)51-49(58)38-29-36(47-54-43(32-16-5-1-6-17-32)52-44(55-47)33-18-7-2-8-19-33)28-37(30-38)48-56-45(34-20-9-3-10-21-34)53-46(57-48)35-22-11-4-12-23-35/h1-31H. The molecule has 0 atom stereocenters. The molecule has 58 heavy (non-hydrogen) atoms. The molecule has 0 N–H and O–H groups in total. The van der Waals surface area contributed by atoms with Gasteiger partial charge >= 0.3 is 0 Å². The number of rotatable bonds is 8. The average Bonchev–Trinajstić information content (AvgIpc) is 3.70. The van der Waals surface area contributed by atoms with Gasteiger partial charge in [-0.3, -0.25) is 4.57 Å². The first-order chi connectivity index (χ1) is 28.6. The summed E-state index contributed by atoms with van der Waals surface area (Å²) >= 11 is 0. The molecule has 0 saturated carbocycles. The van der Waals surface area contributed by atoms with E-state index in [-0.39, 0.29) is 5.82 Å². The number of fused-ring (bicyclic) bond motifs is 1. The third-order valence-corrected chi connectivity index (χ3v) is 9.73. The molecule has 0 aliphatic rings. The number of nitrogens with zero attached hydrogens (tertiary/aromatic N) is 8. The first-order valence-electron chi connectivity index (χ1n) is 18.8. The Bertz CT molecular complexity index is 2800. The third kappa shape index (κ3) is 6.77. The molecule has 3 aromatic heterocycles. The zero-order valence-corrected chi connectivity index (χ0v) is 30.9. The fourth-order valence-electron chi connectivity index (χ4n) is 6.99. The van der Waals surface area contributed by atoms with Gasteiger partial charge in [0.05, 0.1) is 16.7 Å². The van der Waals surface area contributed by atoms with E-state index in [9.17, 15) is 4.39 Å². The highest BCUT2D eigenvalue weighted by molar-refractivity contribution is 5.86. The minimum absolute atomic E-state index is 0.352. The Morgan fingerprint density at radius 3 is 1.12 bits per heavy atom. The minimum atomic E-state index is -0.352. The first-order valence-corrected chi connectivity index (χ1v) is 18.8. The summed E-state index contributed by atoms with van der Waals surface area (Å²) < 4.78 is 16.9. The zero-order chi connectivity index (χ0) is 38.8. The molecule has 0 radical (unpaired) electrons. The Kier molecular flexibility index (Phi) is 8.85. The van der Waals surface area contributed by atoms with Crippen molar-refractivity contribution < 1.29 is 4.39 Å². The second kappa shape index (κ2) is 14.9. The molecule has 0 amide bonds. The molecule has 3 heterocycles. The van der Waals surface area contributed by atoms with Crippen LogP contribution in [0.1, 0.15) is 0 Å². The summed E-state index contributed by atoms with van der Waals surface area (Å²) in [6.45, 7) is 0. The fraction of sp³-hybridized carbons (Fsp3) is 0. The molecule has 0 spiro atoms. The van der Waals surface area contributed by atoms with E-state index < -0.39 is 0 Å². The molecule has 0 bridgehead atoms. The van der Waals surface area contributed by atoms with E-state index in [0.717, 1.165) is 38.9 Å². The predicted molar refractivity (Wildman–Crippen MR) is 226 cm³/mol. The summed E-state index contributed by atoms with van der Waals surface area (Å²) in [5, 5.41) is 0. The van der Waals surface area contributed by atoms with Crippen molar-refractivity contribution in [3.05, 3.63) is 194 Å². The van der Waals surface area contributed by atoms with Crippen molar-refractivity contribution in [2.24, 2.45) is 0 Å². The van der Waals surface area contributed by atoms with Gasteiger partial charge in [0, 0.05) is 38.9 Å². The van der Waals surface area contributed by atoms with Gasteiger partial charge in [-0.25, -0.2) is 39.3 Å². The number of aromatic nitrogens is 8. The molecule has 0 aliphatic carbocycles. The van der Waals surface area contributed by atoms with Crippen molar-refractivity contribution in [1.29, 1.82) is 0 Å². The van der Waals surface area contributed by atoms with Gasteiger partial charge in [0.15, 0.2) is 34.9 Å². The SMILES string of the molecule is Fc1cccc(-n2c(-c3cc(-c4nc(-c5ccccc5)nc(-c5ccccc5)n4)cc(-c4nc(-c5ccccc5)nc(-c5ccccc5)n4)c3)nc3ccccc32)c1. The lowest BCUT2D eigenvalue weighted by atomic mass is 10.0. The number of halogens is 1. The van der Waals surface area contributed by atoms with E-state index in [2.05, 4.69) is 0 Å². The van der Waals surface area contributed by atoms with Crippen molar-refractivity contribution >= 4 is 11.0 Å². The maximum absolute atomic E-state index is 14.9. The van der Waals surface area contributed by atoms with Crippen molar-refractivity contribution in [2.45, 2.75) is 0 Å². The summed E-state index contributed by atoms with van der Waals surface area (Å²) in [5.74, 6) is 3.26. The first kappa shape index (κ1) is 34.5. The van der Waals surface area contributed by atoms with E-state index in [0.29, 0.717) is 57.6 Å². The van der Waals surface area contributed by atoms with Crippen LogP contribution >= 0.6 is 0 Å². The van der Waals surface area contributed by atoms with Gasteiger partial charge in [0.1, 0.15) is 11.6 Å². The molecular weight excluding hydrogens is 720 g/mol. The fourth-order valence-corrected chi connectivity index (χ4v) is 6.99. The summed E-state index contributed by atoms with van der Waals surface area (Å²) in [7, 11) is 0.